The first-order valence-corrected chi connectivity index (χ1v) is 7.87. The van der Waals surface area contributed by atoms with Crippen LogP contribution in [0.4, 0.5) is 11.4 Å². The van der Waals surface area contributed by atoms with E-state index in [1.165, 1.54) is 26.2 Å². The first kappa shape index (κ1) is 18.4. The van der Waals surface area contributed by atoms with E-state index in [0.29, 0.717) is 16.4 Å². The fraction of sp³-hybridized carbons (Fsp3) is 0.125. The molecule has 5 nitrogen and oxygen atoms in total. The molecule has 0 unspecified atom stereocenters. The Hall–Kier alpha value is -1.95. The van der Waals surface area contributed by atoms with Crippen molar-refractivity contribution in [2.24, 2.45) is 0 Å². The molecule has 0 aromatic heterocycles. The van der Waals surface area contributed by atoms with Crippen LogP contribution in [0.1, 0.15) is 17.3 Å². The highest BCUT2D eigenvalue weighted by molar-refractivity contribution is 6.44. The fourth-order valence-electron chi connectivity index (χ4n) is 1.98. The van der Waals surface area contributed by atoms with Crippen molar-refractivity contribution >= 4 is 58.0 Å². The second-order valence-corrected chi connectivity index (χ2v) is 5.96. The maximum Gasteiger partial charge on any atom is 0.259 e. The molecule has 2 N–H and O–H groups in total. The van der Waals surface area contributed by atoms with E-state index in [4.69, 9.17) is 39.5 Å². The molecule has 0 fully saturated rings. The summed E-state index contributed by atoms with van der Waals surface area (Å²) in [4.78, 5) is 23.7. The molecule has 0 saturated heterocycles. The molecule has 2 amide bonds. The number of halogens is 3. The number of benzene rings is 2. The number of hydrogen-bond acceptors (Lipinski definition) is 3. The van der Waals surface area contributed by atoms with Gasteiger partial charge in [0.15, 0.2) is 0 Å². The molecule has 2 aromatic carbocycles. The van der Waals surface area contributed by atoms with E-state index >= 15 is 0 Å². The Kier molecular flexibility index (Phi) is 5.94. The number of methoxy groups -OCH3 is 1. The Bertz CT molecular complexity index is 809. The summed E-state index contributed by atoms with van der Waals surface area (Å²) in [7, 11) is 1.41. The number of nitrogens with one attached hydrogen (secondary N) is 2. The number of hydrogen-bond donors (Lipinski definition) is 2. The van der Waals surface area contributed by atoms with Gasteiger partial charge >= 0.3 is 0 Å². The monoisotopic (exact) mass is 386 g/mol. The van der Waals surface area contributed by atoms with Crippen molar-refractivity contribution in [3.63, 3.8) is 0 Å². The van der Waals surface area contributed by atoms with E-state index in [1.807, 2.05) is 0 Å². The summed E-state index contributed by atoms with van der Waals surface area (Å²) in [5, 5.41) is 5.96. The summed E-state index contributed by atoms with van der Waals surface area (Å²) < 4.78 is 5.21. The van der Waals surface area contributed by atoms with Crippen LogP contribution in [0.5, 0.6) is 5.75 Å². The number of carbonyl (C=O) groups is 2. The zero-order valence-electron chi connectivity index (χ0n) is 12.7. The predicted octanol–water partition coefficient (Wildman–Crippen LogP) is 4.87. The van der Waals surface area contributed by atoms with Crippen molar-refractivity contribution in [2.45, 2.75) is 6.92 Å². The number of amides is 2. The van der Waals surface area contributed by atoms with Gasteiger partial charge in [0, 0.05) is 13.0 Å². The normalized spacial score (nSPS) is 10.2. The number of anilines is 2. The maximum absolute atomic E-state index is 12.5. The minimum atomic E-state index is -0.479. The minimum absolute atomic E-state index is 0.188. The van der Waals surface area contributed by atoms with Crippen LogP contribution in [0.25, 0.3) is 0 Å². The Balaban J connectivity index is 2.36. The third kappa shape index (κ3) is 4.12. The summed E-state index contributed by atoms with van der Waals surface area (Å²) in [5.41, 5.74) is 0.893. The van der Waals surface area contributed by atoms with Crippen LogP contribution in [-0.4, -0.2) is 18.9 Å². The molecular weight excluding hydrogens is 375 g/mol. The van der Waals surface area contributed by atoms with Crippen LogP contribution < -0.4 is 15.4 Å². The Morgan fingerprint density at radius 3 is 2.33 bits per heavy atom. The lowest BCUT2D eigenvalue weighted by molar-refractivity contribution is -0.114. The van der Waals surface area contributed by atoms with Crippen molar-refractivity contribution in [3.8, 4) is 5.75 Å². The zero-order chi connectivity index (χ0) is 17.9. The highest BCUT2D eigenvalue weighted by Gasteiger charge is 2.18. The molecule has 8 heteroatoms. The van der Waals surface area contributed by atoms with Crippen molar-refractivity contribution in [1.82, 2.24) is 0 Å². The summed E-state index contributed by atoms with van der Waals surface area (Å²) in [5.74, 6) is -0.520. The Labute approximate surface area is 153 Å². The summed E-state index contributed by atoms with van der Waals surface area (Å²) >= 11 is 18.1. The van der Waals surface area contributed by atoms with Gasteiger partial charge in [-0.25, -0.2) is 0 Å². The third-order valence-corrected chi connectivity index (χ3v) is 4.18. The van der Waals surface area contributed by atoms with Gasteiger partial charge in [0.05, 0.1) is 39.1 Å². The Morgan fingerprint density at radius 2 is 1.71 bits per heavy atom. The van der Waals surface area contributed by atoms with E-state index in [1.54, 1.807) is 18.2 Å². The molecule has 0 atom stereocenters. The largest absolute Gasteiger partial charge is 0.496 e. The summed E-state index contributed by atoms with van der Waals surface area (Å²) in [6, 6.07) is 7.76. The van der Waals surface area contributed by atoms with Crippen LogP contribution in [0.3, 0.4) is 0 Å². The van der Waals surface area contributed by atoms with E-state index in [9.17, 15) is 9.59 Å². The molecule has 0 radical (unpaired) electrons. The van der Waals surface area contributed by atoms with Crippen LogP contribution in [-0.2, 0) is 4.79 Å². The van der Waals surface area contributed by atoms with E-state index in [0.717, 1.165) is 0 Å². The van der Waals surface area contributed by atoms with Gasteiger partial charge in [-0.05, 0) is 18.2 Å². The lowest BCUT2D eigenvalue weighted by Gasteiger charge is -2.14. The standard InChI is InChI=1S/C16H13Cl3N2O3/c1-8(22)20-13-7-14(24-2)9(6-11(13)18)16(23)21-12-5-3-4-10(17)15(12)19/h3-7H,1-2H3,(H,20,22)(H,21,23). The molecule has 0 heterocycles. The molecule has 126 valence electrons. The van der Waals surface area contributed by atoms with Gasteiger partial charge in [0.2, 0.25) is 5.91 Å². The average molecular weight is 388 g/mol. The van der Waals surface area contributed by atoms with Gasteiger partial charge in [0.1, 0.15) is 5.75 Å². The zero-order valence-corrected chi connectivity index (χ0v) is 15.0. The maximum atomic E-state index is 12.5. The molecule has 0 bridgehead atoms. The van der Waals surface area contributed by atoms with Gasteiger partial charge in [-0.3, -0.25) is 9.59 Å². The second kappa shape index (κ2) is 7.75. The van der Waals surface area contributed by atoms with Gasteiger partial charge in [-0.15, -0.1) is 0 Å². The molecular formula is C16H13Cl3N2O3. The lowest BCUT2D eigenvalue weighted by Crippen LogP contribution is -2.14. The van der Waals surface area contributed by atoms with Crippen LogP contribution in [0, 0.1) is 0 Å². The average Bonchev–Trinajstić information content (AvgIpc) is 2.52. The third-order valence-electron chi connectivity index (χ3n) is 3.04. The fourth-order valence-corrected chi connectivity index (χ4v) is 2.53. The highest BCUT2D eigenvalue weighted by Crippen LogP contribution is 2.33. The van der Waals surface area contributed by atoms with Crippen molar-refractivity contribution in [3.05, 3.63) is 51.0 Å². The van der Waals surface area contributed by atoms with Crippen LogP contribution in [0.15, 0.2) is 30.3 Å². The number of carbonyl (C=O) groups excluding carboxylic acids is 2. The van der Waals surface area contributed by atoms with E-state index < -0.39 is 5.91 Å². The molecule has 2 aromatic rings. The summed E-state index contributed by atoms with van der Waals surface area (Å²) in [6.45, 7) is 1.35. The molecule has 0 aliphatic rings. The van der Waals surface area contributed by atoms with Crippen molar-refractivity contribution in [2.75, 3.05) is 17.7 Å². The first-order valence-electron chi connectivity index (χ1n) is 6.74. The van der Waals surface area contributed by atoms with Crippen molar-refractivity contribution < 1.29 is 14.3 Å². The van der Waals surface area contributed by atoms with E-state index in [-0.39, 0.29) is 27.3 Å². The second-order valence-electron chi connectivity index (χ2n) is 4.77. The van der Waals surface area contributed by atoms with Crippen LogP contribution >= 0.6 is 34.8 Å². The van der Waals surface area contributed by atoms with E-state index in [2.05, 4.69) is 10.6 Å². The smallest absolute Gasteiger partial charge is 0.259 e. The molecule has 0 aliphatic heterocycles. The number of ether oxygens (including phenoxy) is 1. The summed E-state index contributed by atoms with van der Waals surface area (Å²) in [6.07, 6.45) is 0. The number of rotatable bonds is 4. The van der Waals surface area contributed by atoms with Gasteiger partial charge < -0.3 is 15.4 Å². The molecule has 0 aliphatic carbocycles. The molecule has 0 spiro atoms. The van der Waals surface area contributed by atoms with Gasteiger partial charge in [-0.1, -0.05) is 40.9 Å². The lowest BCUT2D eigenvalue weighted by atomic mass is 10.1. The molecule has 0 saturated carbocycles. The van der Waals surface area contributed by atoms with Gasteiger partial charge in [0.25, 0.3) is 5.91 Å². The van der Waals surface area contributed by atoms with Gasteiger partial charge in [-0.2, -0.15) is 0 Å². The van der Waals surface area contributed by atoms with Crippen molar-refractivity contribution in [1.29, 1.82) is 0 Å². The Morgan fingerprint density at radius 1 is 1.00 bits per heavy atom. The SMILES string of the molecule is COc1cc(NC(C)=O)c(Cl)cc1C(=O)Nc1cccc(Cl)c1Cl. The first-order chi connectivity index (χ1) is 11.3. The molecule has 2 rings (SSSR count). The minimum Gasteiger partial charge on any atom is -0.496 e. The highest BCUT2D eigenvalue weighted by atomic mass is 35.5. The molecule has 24 heavy (non-hydrogen) atoms. The topological polar surface area (TPSA) is 67.4 Å². The van der Waals surface area contributed by atoms with Crippen LogP contribution in [0.2, 0.25) is 15.1 Å². The predicted molar refractivity (Wildman–Crippen MR) is 96.7 cm³/mol. The quantitative estimate of drug-likeness (QED) is 0.787.